The molecule has 0 unspecified atom stereocenters. The number of aromatic nitrogens is 8. The van der Waals surface area contributed by atoms with Gasteiger partial charge in [-0.25, -0.2) is 18.7 Å². The lowest BCUT2D eigenvalue weighted by atomic mass is 10.1. The topological polar surface area (TPSA) is 180 Å². The van der Waals surface area contributed by atoms with Crippen LogP contribution in [-0.2, 0) is 22.7 Å². The van der Waals surface area contributed by atoms with Crippen molar-refractivity contribution >= 4 is 55.8 Å². The molecule has 2 N–H and O–H groups in total. The molecule has 16 heteroatoms. The number of carbonyl (C=O) groups is 2. The number of aliphatic carboxylic acids is 2. The van der Waals surface area contributed by atoms with Crippen molar-refractivity contribution in [1.29, 1.82) is 0 Å². The van der Waals surface area contributed by atoms with Crippen LogP contribution in [0.5, 0.6) is 11.5 Å². The zero-order valence-electron chi connectivity index (χ0n) is 27.4. The van der Waals surface area contributed by atoms with E-state index in [4.69, 9.17) is 19.7 Å². The molecular weight excluding hydrogens is 678 g/mol. The van der Waals surface area contributed by atoms with Crippen LogP contribution in [0.15, 0.2) is 85.5 Å². The van der Waals surface area contributed by atoms with Gasteiger partial charge in [0.05, 0.1) is 77.3 Å². The number of ether oxygens (including phenoxy) is 2. The molecule has 260 valence electrons. The van der Waals surface area contributed by atoms with Gasteiger partial charge in [-0.15, -0.1) is 0 Å². The first-order valence-electron chi connectivity index (χ1n) is 15.5. The van der Waals surface area contributed by atoms with Crippen LogP contribution in [0.2, 0.25) is 0 Å². The maximum Gasteiger partial charge on any atom is 0.325 e. The molecule has 0 aliphatic heterocycles. The summed E-state index contributed by atoms with van der Waals surface area (Å²) in [5, 5.41) is 27.7. The number of carboxylic acids is 2. The van der Waals surface area contributed by atoms with Crippen LogP contribution in [0.3, 0.4) is 0 Å². The second-order valence-electron chi connectivity index (χ2n) is 11.4. The molecule has 0 aliphatic rings. The molecule has 0 fully saturated rings. The summed E-state index contributed by atoms with van der Waals surface area (Å²) >= 11 is 0. The highest BCUT2D eigenvalue weighted by atomic mass is 19.1. The minimum atomic E-state index is -0.983. The number of benzene rings is 4. The Bertz CT molecular complexity index is 2660. The number of nitrogens with zero attached hydrogens (tertiary/aromatic N) is 8. The van der Waals surface area contributed by atoms with Crippen LogP contribution in [0.4, 0.5) is 8.78 Å². The highest BCUT2D eigenvalue weighted by Crippen LogP contribution is 2.28. The Morgan fingerprint density at radius 3 is 1.77 bits per heavy atom. The van der Waals surface area contributed by atoms with E-state index in [-0.39, 0.29) is 24.6 Å². The van der Waals surface area contributed by atoms with Crippen molar-refractivity contribution in [2.24, 2.45) is 0 Å². The number of halogens is 2. The van der Waals surface area contributed by atoms with E-state index in [0.717, 1.165) is 10.8 Å². The Morgan fingerprint density at radius 2 is 1.23 bits per heavy atom. The molecule has 0 saturated heterocycles. The molecule has 0 bridgehead atoms. The van der Waals surface area contributed by atoms with Gasteiger partial charge in [0.2, 0.25) is 0 Å². The van der Waals surface area contributed by atoms with Crippen molar-refractivity contribution in [2.45, 2.75) is 13.1 Å². The smallest absolute Gasteiger partial charge is 0.325 e. The summed E-state index contributed by atoms with van der Waals surface area (Å²) in [6.45, 7) is -0.464. The molecule has 0 aliphatic carbocycles. The summed E-state index contributed by atoms with van der Waals surface area (Å²) in [6.07, 6.45) is 6.37. The van der Waals surface area contributed by atoms with Crippen LogP contribution in [0.25, 0.3) is 66.4 Å². The van der Waals surface area contributed by atoms with Gasteiger partial charge in [0.15, 0.2) is 23.1 Å². The molecule has 4 heterocycles. The standard InChI is InChI=1S/2C18H13FN4O3/c1-26-17-3-2-10(4-12(17)19)16-7-20-14-5-11-8-23(9-18(24)25)22-13(11)6-15(14)21-16;1-26-17-3-2-10(4-12(17)19)15-8-20-13-5-11-7-21-23(9-18(24)25)16(11)6-14(13)22-15/h2*2-8H,9H2,1H3,(H,24,25). The molecule has 52 heavy (non-hydrogen) atoms. The number of hydrogen-bond acceptors (Lipinski definition) is 10. The number of rotatable bonds is 8. The summed E-state index contributed by atoms with van der Waals surface area (Å²) in [6, 6.07) is 16.2. The van der Waals surface area contributed by atoms with Gasteiger partial charge >= 0.3 is 11.9 Å². The van der Waals surface area contributed by atoms with Gasteiger partial charge in [0.1, 0.15) is 13.1 Å². The maximum atomic E-state index is 14.0. The normalized spacial score (nSPS) is 11.2. The Morgan fingerprint density at radius 1 is 0.673 bits per heavy atom. The third-order valence-corrected chi connectivity index (χ3v) is 8.00. The molecular formula is C36H26F2N8O6. The lowest BCUT2D eigenvalue weighted by Gasteiger charge is -2.06. The zero-order chi connectivity index (χ0) is 36.5. The third kappa shape index (κ3) is 6.72. The summed E-state index contributed by atoms with van der Waals surface area (Å²) in [4.78, 5) is 39.6. The van der Waals surface area contributed by atoms with E-state index in [1.54, 1.807) is 61.2 Å². The molecule has 8 aromatic rings. The van der Waals surface area contributed by atoms with E-state index in [1.807, 2.05) is 0 Å². The first-order chi connectivity index (χ1) is 25.1. The molecule has 0 saturated carbocycles. The second kappa shape index (κ2) is 13.7. The van der Waals surface area contributed by atoms with Crippen LogP contribution in [-0.4, -0.2) is 75.9 Å². The van der Waals surface area contributed by atoms with Gasteiger partial charge < -0.3 is 19.7 Å². The molecule has 0 atom stereocenters. The molecule has 4 aromatic heterocycles. The summed E-state index contributed by atoms with van der Waals surface area (Å²) in [7, 11) is 2.81. The molecule has 8 rings (SSSR count). The monoisotopic (exact) mass is 704 g/mol. The van der Waals surface area contributed by atoms with E-state index < -0.39 is 23.6 Å². The summed E-state index contributed by atoms with van der Waals surface area (Å²) < 4.78 is 40.5. The Balaban J connectivity index is 0.000000162. The van der Waals surface area contributed by atoms with Crippen molar-refractivity contribution in [1.82, 2.24) is 39.5 Å². The van der Waals surface area contributed by atoms with E-state index in [0.29, 0.717) is 55.6 Å². The van der Waals surface area contributed by atoms with Crippen molar-refractivity contribution in [3.8, 4) is 34.0 Å². The van der Waals surface area contributed by atoms with Crippen LogP contribution < -0.4 is 9.47 Å². The Labute approximate surface area is 291 Å². The molecule has 0 amide bonds. The van der Waals surface area contributed by atoms with E-state index in [1.165, 1.54) is 47.8 Å². The molecule has 14 nitrogen and oxygen atoms in total. The van der Waals surface area contributed by atoms with Gasteiger partial charge in [-0.3, -0.25) is 28.9 Å². The van der Waals surface area contributed by atoms with Crippen molar-refractivity contribution in [3.05, 3.63) is 97.1 Å². The van der Waals surface area contributed by atoms with Gasteiger partial charge in [-0.1, -0.05) is 0 Å². The number of fused-ring (bicyclic) bond motifs is 4. The highest BCUT2D eigenvalue weighted by molar-refractivity contribution is 5.94. The van der Waals surface area contributed by atoms with Gasteiger partial charge in [0, 0.05) is 28.1 Å². The van der Waals surface area contributed by atoms with E-state index in [9.17, 15) is 18.4 Å². The first-order valence-corrected chi connectivity index (χ1v) is 15.5. The lowest BCUT2D eigenvalue weighted by Crippen LogP contribution is -2.09. The fourth-order valence-corrected chi connectivity index (χ4v) is 5.57. The second-order valence-corrected chi connectivity index (χ2v) is 11.4. The van der Waals surface area contributed by atoms with Crippen LogP contribution >= 0.6 is 0 Å². The van der Waals surface area contributed by atoms with Crippen LogP contribution in [0, 0.1) is 11.6 Å². The fraction of sp³-hybridized carbons (Fsp3) is 0.111. The van der Waals surface area contributed by atoms with Crippen molar-refractivity contribution in [3.63, 3.8) is 0 Å². The quantitative estimate of drug-likeness (QED) is 0.196. The zero-order valence-corrected chi connectivity index (χ0v) is 27.4. The highest BCUT2D eigenvalue weighted by Gasteiger charge is 2.13. The predicted molar refractivity (Wildman–Crippen MR) is 185 cm³/mol. The number of carboxylic acid groups (broad SMARTS) is 2. The van der Waals surface area contributed by atoms with Crippen molar-refractivity contribution in [2.75, 3.05) is 14.2 Å². The van der Waals surface area contributed by atoms with Gasteiger partial charge in [-0.2, -0.15) is 10.2 Å². The summed E-state index contributed by atoms with van der Waals surface area (Å²) in [5.74, 6) is -2.60. The van der Waals surface area contributed by atoms with E-state index >= 15 is 0 Å². The average molecular weight is 705 g/mol. The average Bonchev–Trinajstić information content (AvgIpc) is 3.70. The molecule has 0 radical (unpaired) electrons. The largest absolute Gasteiger partial charge is 0.494 e. The first kappa shape index (κ1) is 33.4. The lowest BCUT2D eigenvalue weighted by molar-refractivity contribution is -0.138. The fourth-order valence-electron chi connectivity index (χ4n) is 5.57. The number of methoxy groups -OCH3 is 2. The minimum Gasteiger partial charge on any atom is -0.494 e. The third-order valence-electron chi connectivity index (χ3n) is 8.00. The van der Waals surface area contributed by atoms with E-state index in [2.05, 4.69) is 30.1 Å². The van der Waals surface area contributed by atoms with Crippen molar-refractivity contribution < 1.29 is 38.1 Å². The van der Waals surface area contributed by atoms with Gasteiger partial charge in [-0.05, 0) is 60.7 Å². The molecule has 0 spiro atoms. The Hall–Kier alpha value is -7.10. The van der Waals surface area contributed by atoms with Crippen LogP contribution in [0.1, 0.15) is 0 Å². The maximum absolute atomic E-state index is 14.0. The molecule has 4 aromatic carbocycles. The predicted octanol–water partition coefficient (Wildman–Crippen LogP) is 5.76. The minimum absolute atomic E-state index is 0.154. The van der Waals surface area contributed by atoms with Gasteiger partial charge in [0.25, 0.3) is 0 Å². The number of hydrogen-bond donors (Lipinski definition) is 2. The summed E-state index contributed by atoms with van der Waals surface area (Å²) in [5.41, 5.74) is 5.87. The SMILES string of the molecule is COc1ccc(-c2cnc3cc4cn(CC(=O)O)nc4cc3n2)cc1F.COc1ccc(-c2cnc3cc4cnn(CC(=O)O)c4cc3n2)cc1F. The Kier molecular flexibility index (Phi) is 8.78.